The summed E-state index contributed by atoms with van der Waals surface area (Å²) in [5, 5.41) is 13.6. The van der Waals surface area contributed by atoms with Crippen molar-refractivity contribution < 1.29 is 19.0 Å². The number of halogens is 2. The molecule has 1 saturated carbocycles. The van der Waals surface area contributed by atoms with Gasteiger partial charge in [0.15, 0.2) is 17.3 Å². The third kappa shape index (κ3) is 4.76. The third-order valence-electron chi connectivity index (χ3n) is 6.77. The Balaban J connectivity index is 1.36. The molecule has 2 fully saturated rings. The van der Waals surface area contributed by atoms with E-state index in [1.165, 1.54) is 12.4 Å². The van der Waals surface area contributed by atoms with Crippen molar-refractivity contribution in [2.45, 2.75) is 50.4 Å². The number of hydrogen-bond donors (Lipinski definition) is 2. The largest absolute Gasteiger partial charge is 0.493 e. The minimum atomic E-state index is -0.539. The van der Waals surface area contributed by atoms with Crippen LogP contribution in [-0.4, -0.2) is 58.4 Å². The average molecular weight is 487 g/mol. The van der Waals surface area contributed by atoms with E-state index in [1.807, 2.05) is 12.1 Å². The molecule has 0 unspecified atom stereocenters. The van der Waals surface area contributed by atoms with Crippen molar-refractivity contribution in [2.24, 2.45) is 0 Å². The number of ether oxygens (including phenoxy) is 2. The maximum atomic E-state index is 14.5. The first-order valence-electron chi connectivity index (χ1n) is 11.6. The third-order valence-corrected chi connectivity index (χ3v) is 7.07. The van der Waals surface area contributed by atoms with Crippen LogP contribution in [0.2, 0.25) is 5.02 Å². The highest BCUT2D eigenvalue weighted by molar-refractivity contribution is 6.31. The summed E-state index contributed by atoms with van der Waals surface area (Å²) >= 11 is 5.93. The van der Waals surface area contributed by atoms with Gasteiger partial charge in [0.25, 0.3) is 0 Å². The second kappa shape index (κ2) is 9.90. The Hall–Kier alpha value is -2.68. The summed E-state index contributed by atoms with van der Waals surface area (Å²) < 4.78 is 26.4. The van der Waals surface area contributed by atoms with E-state index in [-0.39, 0.29) is 22.9 Å². The summed E-state index contributed by atoms with van der Waals surface area (Å²) in [6.07, 6.45) is 6.11. The van der Waals surface area contributed by atoms with Crippen molar-refractivity contribution in [1.29, 1.82) is 0 Å². The first kappa shape index (κ1) is 23.1. The van der Waals surface area contributed by atoms with E-state index >= 15 is 0 Å². The van der Waals surface area contributed by atoms with Gasteiger partial charge in [0.05, 0.1) is 35.5 Å². The molecule has 1 atom stereocenters. The molecule has 1 saturated heterocycles. The van der Waals surface area contributed by atoms with E-state index in [9.17, 15) is 9.50 Å². The van der Waals surface area contributed by atoms with Gasteiger partial charge in [-0.1, -0.05) is 17.7 Å². The Morgan fingerprint density at radius 3 is 2.68 bits per heavy atom. The number of fused-ring (bicyclic) bond motifs is 1. The fourth-order valence-electron chi connectivity index (χ4n) is 4.95. The van der Waals surface area contributed by atoms with Gasteiger partial charge in [0.2, 0.25) is 0 Å². The van der Waals surface area contributed by atoms with E-state index in [0.29, 0.717) is 34.3 Å². The molecule has 34 heavy (non-hydrogen) atoms. The van der Waals surface area contributed by atoms with Gasteiger partial charge in [-0.2, -0.15) is 0 Å². The molecule has 7 nitrogen and oxygen atoms in total. The van der Waals surface area contributed by atoms with Gasteiger partial charge < -0.3 is 19.9 Å². The second-order valence-corrected chi connectivity index (χ2v) is 9.36. The van der Waals surface area contributed by atoms with E-state index in [2.05, 4.69) is 20.2 Å². The van der Waals surface area contributed by atoms with Gasteiger partial charge >= 0.3 is 0 Å². The molecule has 1 aliphatic heterocycles. The topological polar surface area (TPSA) is 79.7 Å². The number of nitrogens with one attached hydrogen (secondary N) is 1. The summed E-state index contributed by atoms with van der Waals surface area (Å²) in [6, 6.07) is 8.94. The molecule has 0 amide bonds. The Bertz CT molecular complexity index is 1170. The molecule has 0 bridgehead atoms. The van der Waals surface area contributed by atoms with Crippen LogP contribution in [0.15, 0.2) is 36.7 Å². The van der Waals surface area contributed by atoms with Crippen molar-refractivity contribution >= 4 is 34.0 Å². The van der Waals surface area contributed by atoms with Gasteiger partial charge in [-0.3, -0.25) is 4.90 Å². The lowest BCUT2D eigenvalue weighted by Gasteiger charge is -2.34. The summed E-state index contributed by atoms with van der Waals surface area (Å²) in [5.74, 6) is 1.12. The predicted octanol–water partition coefficient (Wildman–Crippen LogP) is 4.93. The number of aliphatic hydroxyl groups excluding tert-OH is 1. The smallest absolute Gasteiger partial charge is 0.165 e. The lowest BCUT2D eigenvalue weighted by atomic mass is 9.92. The second-order valence-electron chi connectivity index (χ2n) is 8.95. The molecule has 180 valence electrons. The Morgan fingerprint density at radius 1 is 1.12 bits per heavy atom. The summed E-state index contributed by atoms with van der Waals surface area (Å²) in [6.45, 7) is 1.75. The molecule has 0 spiro atoms. The van der Waals surface area contributed by atoms with Gasteiger partial charge in [0, 0.05) is 30.6 Å². The molecule has 2 heterocycles. The molecule has 1 aliphatic carbocycles. The number of benzene rings is 2. The van der Waals surface area contributed by atoms with E-state index in [1.54, 1.807) is 19.2 Å². The maximum Gasteiger partial charge on any atom is 0.165 e. The van der Waals surface area contributed by atoms with E-state index in [0.717, 1.165) is 45.2 Å². The zero-order chi connectivity index (χ0) is 23.7. The van der Waals surface area contributed by atoms with Crippen LogP contribution < -0.4 is 14.8 Å². The highest BCUT2D eigenvalue weighted by atomic mass is 35.5. The average Bonchev–Trinajstić information content (AvgIpc) is 3.28. The fraction of sp³-hybridized carbons (Fsp3) is 0.440. The minimum Gasteiger partial charge on any atom is -0.493 e. The van der Waals surface area contributed by atoms with Crippen molar-refractivity contribution in [3.8, 4) is 11.5 Å². The molecule has 9 heteroatoms. The Morgan fingerprint density at radius 2 is 1.94 bits per heavy atom. The number of aliphatic hydroxyl groups is 1. The van der Waals surface area contributed by atoms with Crippen molar-refractivity contribution in [3.63, 3.8) is 0 Å². The molecule has 0 radical (unpaired) electrons. The lowest BCUT2D eigenvalue weighted by Crippen LogP contribution is -2.39. The van der Waals surface area contributed by atoms with Gasteiger partial charge in [-0.05, 0) is 50.3 Å². The van der Waals surface area contributed by atoms with Gasteiger partial charge in [-0.25, -0.2) is 14.4 Å². The van der Waals surface area contributed by atoms with Crippen LogP contribution in [-0.2, 0) is 0 Å². The highest BCUT2D eigenvalue weighted by Crippen LogP contribution is 2.38. The van der Waals surface area contributed by atoms with Crippen LogP contribution in [0.3, 0.4) is 0 Å². The Labute approximate surface area is 202 Å². The number of nitrogens with zero attached hydrogens (tertiary/aromatic N) is 3. The number of β-amino-alcohol motifs (C(OH)–C–C–N with tert-alkyl or cyclic N) is 1. The number of anilines is 2. The number of methoxy groups -OCH3 is 1. The zero-order valence-electron chi connectivity index (χ0n) is 19.0. The Kier molecular flexibility index (Phi) is 6.72. The molecule has 3 aromatic rings. The van der Waals surface area contributed by atoms with E-state index in [4.69, 9.17) is 21.1 Å². The van der Waals surface area contributed by atoms with Crippen LogP contribution in [0.4, 0.5) is 15.9 Å². The molecule has 1 aromatic heterocycles. The normalized spacial score (nSPS) is 23.2. The standard InChI is InChI=1S/C25H28ClFN4O3/c1-33-22-12-21-18(25(29-14-28-21)30-20-4-2-3-19(26)24(20)27)11-23(22)34-17-7-5-15(6-8-17)31-10-9-16(32)13-31/h2-4,11-12,14-17,32H,5-10,13H2,1H3,(H,28,29,30)/t15?,16-,17?/m1/s1. The predicted molar refractivity (Wildman–Crippen MR) is 130 cm³/mol. The highest BCUT2D eigenvalue weighted by Gasteiger charge is 2.31. The maximum absolute atomic E-state index is 14.5. The lowest BCUT2D eigenvalue weighted by molar-refractivity contribution is 0.0887. The quantitative estimate of drug-likeness (QED) is 0.511. The minimum absolute atomic E-state index is 0.0353. The number of aromatic nitrogens is 2. The van der Waals surface area contributed by atoms with Gasteiger partial charge in [-0.15, -0.1) is 0 Å². The van der Waals surface area contributed by atoms with Crippen LogP contribution in [0.25, 0.3) is 10.9 Å². The SMILES string of the molecule is COc1cc2ncnc(Nc3cccc(Cl)c3F)c2cc1OC1CCC(N2CC[C@@H](O)C2)CC1. The van der Waals surface area contributed by atoms with Gasteiger partial charge in [0.1, 0.15) is 12.1 Å². The van der Waals surface area contributed by atoms with Crippen molar-refractivity contribution in [2.75, 3.05) is 25.5 Å². The number of rotatable bonds is 6. The van der Waals surface area contributed by atoms with Crippen LogP contribution in [0.1, 0.15) is 32.1 Å². The molecular weight excluding hydrogens is 459 g/mol. The van der Waals surface area contributed by atoms with Crippen molar-refractivity contribution in [1.82, 2.24) is 14.9 Å². The van der Waals surface area contributed by atoms with Crippen LogP contribution in [0.5, 0.6) is 11.5 Å². The summed E-state index contributed by atoms with van der Waals surface area (Å²) in [5.41, 5.74) is 0.886. The molecule has 2 N–H and O–H groups in total. The van der Waals surface area contributed by atoms with Crippen molar-refractivity contribution in [3.05, 3.63) is 47.5 Å². The summed E-state index contributed by atoms with van der Waals surface area (Å²) in [4.78, 5) is 11.1. The molecule has 5 rings (SSSR count). The molecule has 2 aromatic carbocycles. The van der Waals surface area contributed by atoms with E-state index < -0.39 is 5.82 Å². The van der Waals surface area contributed by atoms with Crippen LogP contribution >= 0.6 is 11.6 Å². The molecule has 2 aliphatic rings. The van der Waals surface area contributed by atoms with Crippen LogP contribution in [0, 0.1) is 5.82 Å². The number of hydrogen-bond acceptors (Lipinski definition) is 7. The summed E-state index contributed by atoms with van der Waals surface area (Å²) in [7, 11) is 1.60. The monoisotopic (exact) mass is 486 g/mol. The first-order valence-corrected chi connectivity index (χ1v) is 12.0. The molecular formula is C25H28ClFN4O3. The fourth-order valence-corrected chi connectivity index (χ4v) is 5.13. The first-order chi connectivity index (χ1) is 16.5. The number of likely N-dealkylation sites (tertiary alicyclic amines) is 1. The zero-order valence-corrected chi connectivity index (χ0v) is 19.8.